The van der Waals surface area contributed by atoms with Gasteiger partial charge in [0, 0.05) is 12.0 Å². The summed E-state index contributed by atoms with van der Waals surface area (Å²) >= 11 is 12.5. The van der Waals surface area contributed by atoms with Crippen LogP contribution >= 0.6 is 23.2 Å². The topological polar surface area (TPSA) is 12.0 Å². The van der Waals surface area contributed by atoms with E-state index in [1.165, 1.54) is 37.7 Å². The number of hydrogen-bond acceptors (Lipinski definition) is 1. The van der Waals surface area contributed by atoms with Crippen LogP contribution in [0.2, 0.25) is 10.0 Å². The molecule has 1 saturated carbocycles. The van der Waals surface area contributed by atoms with E-state index < -0.39 is 0 Å². The summed E-state index contributed by atoms with van der Waals surface area (Å²) in [7, 11) is 0. The van der Waals surface area contributed by atoms with E-state index in [0.717, 1.165) is 11.6 Å². The Kier molecular flexibility index (Phi) is 5.35. The van der Waals surface area contributed by atoms with Crippen LogP contribution in [0, 0.1) is 0 Å². The molecule has 0 amide bonds. The molecule has 100 valence electrons. The van der Waals surface area contributed by atoms with Crippen molar-refractivity contribution in [2.24, 2.45) is 0 Å². The van der Waals surface area contributed by atoms with Crippen molar-refractivity contribution in [2.45, 2.75) is 51.0 Å². The molecule has 1 aromatic rings. The molecule has 2 rings (SSSR count). The molecule has 0 radical (unpaired) electrons. The van der Waals surface area contributed by atoms with Gasteiger partial charge in [-0.1, -0.05) is 55.1 Å². The number of rotatable bonds is 4. The van der Waals surface area contributed by atoms with Crippen molar-refractivity contribution >= 4 is 23.2 Å². The minimum Gasteiger partial charge on any atom is -0.313 e. The lowest BCUT2D eigenvalue weighted by molar-refractivity contribution is 0.328. The Labute approximate surface area is 120 Å². The summed E-state index contributed by atoms with van der Waals surface area (Å²) in [6, 6.07) is 6.56. The summed E-state index contributed by atoms with van der Waals surface area (Å²) in [6.07, 6.45) is 6.23. The fourth-order valence-corrected chi connectivity index (χ4v) is 3.33. The first-order valence-electron chi connectivity index (χ1n) is 6.91. The van der Waals surface area contributed by atoms with Crippen molar-refractivity contribution in [2.75, 3.05) is 6.54 Å². The highest BCUT2D eigenvalue weighted by atomic mass is 35.5. The van der Waals surface area contributed by atoms with Crippen molar-refractivity contribution in [1.29, 1.82) is 0 Å². The zero-order chi connectivity index (χ0) is 13.0. The smallest absolute Gasteiger partial charge is 0.0627 e. The highest BCUT2D eigenvalue weighted by molar-refractivity contribution is 6.42. The van der Waals surface area contributed by atoms with Crippen molar-refractivity contribution in [1.82, 2.24) is 5.32 Å². The summed E-state index contributed by atoms with van der Waals surface area (Å²) in [5.74, 6) is 0.511. The standard InChI is InChI=1S/C15H21Cl2N/c1-2-10-18-14-9-4-3-6-11(14)12-7-5-8-13(16)15(12)17/h5,7-8,11,14,18H,2-4,6,9-10H2,1H3. The Balaban J connectivity index is 2.19. The summed E-state index contributed by atoms with van der Waals surface area (Å²) in [5, 5.41) is 5.08. The van der Waals surface area contributed by atoms with Gasteiger partial charge in [-0.25, -0.2) is 0 Å². The third-order valence-corrected chi connectivity index (χ3v) is 4.64. The van der Waals surface area contributed by atoms with Gasteiger partial charge in [0.05, 0.1) is 10.0 Å². The Morgan fingerprint density at radius 3 is 2.78 bits per heavy atom. The first-order valence-corrected chi connectivity index (χ1v) is 7.67. The molecule has 0 aliphatic heterocycles. The lowest BCUT2D eigenvalue weighted by Crippen LogP contribution is -2.37. The van der Waals surface area contributed by atoms with E-state index in [9.17, 15) is 0 Å². The molecule has 1 aliphatic rings. The van der Waals surface area contributed by atoms with Gasteiger partial charge in [0.25, 0.3) is 0 Å². The maximum absolute atomic E-state index is 6.37. The molecule has 1 N–H and O–H groups in total. The average molecular weight is 286 g/mol. The molecule has 2 atom stereocenters. The molecule has 1 nitrogen and oxygen atoms in total. The largest absolute Gasteiger partial charge is 0.313 e. The van der Waals surface area contributed by atoms with Gasteiger partial charge in [-0.2, -0.15) is 0 Å². The Morgan fingerprint density at radius 2 is 2.00 bits per heavy atom. The van der Waals surface area contributed by atoms with E-state index in [1.54, 1.807) is 0 Å². The average Bonchev–Trinajstić information content (AvgIpc) is 2.40. The van der Waals surface area contributed by atoms with Crippen LogP contribution in [0.25, 0.3) is 0 Å². The van der Waals surface area contributed by atoms with Gasteiger partial charge in [-0.3, -0.25) is 0 Å². The summed E-state index contributed by atoms with van der Waals surface area (Å²) in [4.78, 5) is 0. The van der Waals surface area contributed by atoms with Gasteiger partial charge < -0.3 is 5.32 Å². The molecule has 0 spiro atoms. The van der Waals surface area contributed by atoms with Gasteiger partial charge in [0.15, 0.2) is 0 Å². The molecule has 0 bridgehead atoms. The second kappa shape index (κ2) is 6.79. The molecular weight excluding hydrogens is 265 g/mol. The summed E-state index contributed by atoms with van der Waals surface area (Å²) in [6.45, 7) is 3.29. The highest BCUT2D eigenvalue weighted by Crippen LogP contribution is 2.39. The van der Waals surface area contributed by atoms with Gasteiger partial charge in [0.1, 0.15) is 0 Å². The summed E-state index contributed by atoms with van der Waals surface area (Å²) < 4.78 is 0. The van der Waals surface area contributed by atoms with Crippen molar-refractivity contribution in [3.63, 3.8) is 0 Å². The minimum atomic E-state index is 0.511. The van der Waals surface area contributed by atoms with Crippen LogP contribution in [-0.4, -0.2) is 12.6 Å². The van der Waals surface area contributed by atoms with Crippen LogP contribution in [0.15, 0.2) is 18.2 Å². The molecule has 0 aromatic heterocycles. The molecule has 0 heterocycles. The molecule has 0 saturated heterocycles. The SMILES string of the molecule is CCCNC1CCCCC1c1cccc(Cl)c1Cl. The maximum Gasteiger partial charge on any atom is 0.0627 e. The van der Waals surface area contributed by atoms with Crippen LogP contribution in [0.1, 0.15) is 50.5 Å². The fourth-order valence-electron chi connectivity index (χ4n) is 2.88. The Morgan fingerprint density at radius 1 is 1.22 bits per heavy atom. The van der Waals surface area contributed by atoms with Crippen molar-refractivity contribution < 1.29 is 0 Å². The quantitative estimate of drug-likeness (QED) is 0.819. The van der Waals surface area contributed by atoms with E-state index in [2.05, 4.69) is 18.3 Å². The zero-order valence-corrected chi connectivity index (χ0v) is 12.4. The predicted octanol–water partition coefficient (Wildman–Crippen LogP) is 5.02. The van der Waals surface area contributed by atoms with E-state index in [-0.39, 0.29) is 0 Å². The van der Waals surface area contributed by atoms with Crippen LogP contribution in [-0.2, 0) is 0 Å². The lowest BCUT2D eigenvalue weighted by atomic mass is 9.80. The molecule has 3 heteroatoms. The first-order chi connectivity index (χ1) is 8.74. The second-order valence-corrected chi connectivity index (χ2v) is 5.88. The second-order valence-electron chi connectivity index (χ2n) is 5.09. The summed E-state index contributed by atoms with van der Waals surface area (Å²) in [5.41, 5.74) is 1.22. The van der Waals surface area contributed by atoms with Gasteiger partial charge in [0.2, 0.25) is 0 Å². The van der Waals surface area contributed by atoms with Gasteiger partial charge >= 0.3 is 0 Å². The third kappa shape index (κ3) is 3.20. The van der Waals surface area contributed by atoms with E-state index in [0.29, 0.717) is 17.0 Å². The minimum absolute atomic E-state index is 0.511. The van der Waals surface area contributed by atoms with Crippen LogP contribution in [0.3, 0.4) is 0 Å². The Hall–Kier alpha value is -0.240. The number of nitrogens with one attached hydrogen (secondary N) is 1. The van der Waals surface area contributed by atoms with Crippen molar-refractivity contribution in [3.8, 4) is 0 Å². The number of hydrogen-bond donors (Lipinski definition) is 1. The molecule has 18 heavy (non-hydrogen) atoms. The van der Waals surface area contributed by atoms with Gasteiger partial charge in [-0.05, 0) is 37.4 Å². The fraction of sp³-hybridized carbons (Fsp3) is 0.600. The van der Waals surface area contributed by atoms with Crippen LogP contribution < -0.4 is 5.32 Å². The highest BCUT2D eigenvalue weighted by Gasteiger charge is 2.27. The maximum atomic E-state index is 6.37. The molecule has 1 aliphatic carbocycles. The van der Waals surface area contributed by atoms with Crippen LogP contribution in [0.4, 0.5) is 0 Å². The van der Waals surface area contributed by atoms with Gasteiger partial charge in [-0.15, -0.1) is 0 Å². The van der Waals surface area contributed by atoms with Crippen molar-refractivity contribution in [3.05, 3.63) is 33.8 Å². The van der Waals surface area contributed by atoms with E-state index >= 15 is 0 Å². The van der Waals surface area contributed by atoms with Crippen LogP contribution in [0.5, 0.6) is 0 Å². The normalized spacial score (nSPS) is 24.2. The Bertz CT molecular complexity index is 392. The predicted molar refractivity (Wildman–Crippen MR) is 79.8 cm³/mol. The lowest BCUT2D eigenvalue weighted by Gasteiger charge is -2.33. The first kappa shape index (κ1) is 14.2. The third-order valence-electron chi connectivity index (χ3n) is 3.80. The molecule has 1 aromatic carbocycles. The molecule has 2 unspecified atom stereocenters. The number of halogens is 2. The van der Waals surface area contributed by atoms with E-state index in [1.807, 2.05) is 12.1 Å². The molecule has 1 fully saturated rings. The zero-order valence-electron chi connectivity index (χ0n) is 10.9. The van der Waals surface area contributed by atoms with E-state index in [4.69, 9.17) is 23.2 Å². The molecular formula is C15H21Cl2N. The monoisotopic (exact) mass is 285 g/mol. The number of benzene rings is 1.